The maximum absolute atomic E-state index is 10.2. The Bertz CT molecular complexity index is 398. The van der Waals surface area contributed by atoms with E-state index in [2.05, 4.69) is 20.4 Å². The van der Waals surface area contributed by atoms with Crippen LogP contribution < -0.4 is 5.56 Å². The minimum atomic E-state index is -0.164. The minimum Gasteiger partial charge on any atom is -0.268 e. The third-order valence-electron chi connectivity index (χ3n) is 1.17. The highest BCUT2D eigenvalue weighted by Crippen LogP contribution is 1.76. The first-order chi connectivity index (χ1) is 6.79. The van der Waals surface area contributed by atoms with E-state index in [1.54, 1.807) is 24.4 Å². The second-order valence-corrected chi connectivity index (χ2v) is 2.67. The molecule has 0 atom stereocenters. The third kappa shape index (κ3) is 4.27. The zero-order chi connectivity index (χ0) is 10.2. The molecular formula is C8H8N4OS. The van der Waals surface area contributed by atoms with E-state index < -0.39 is 0 Å². The van der Waals surface area contributed by atoms with Crippen molar-refractivity contribution >= 4 is 12.2 Å². The van der Waals surface area contributed by atoms with Crippen LogP contribution in [0.1, 0.15) is 0 Å². The average molecular weight is 208 g/mol. The molecule has 0 aliphatic heterocycles. The first-order valence-electron chi connectivity index (χ1n) is 3.78. The van der Waals surface area contributed by atoms with E-state index in [1.807, 2.05) is 0 Å². The smallest absolute Gasteiger partial charge is 0.264 e. The molecule has 2 N–H and O–H groups in total. The number of aromatic nitrogens is 4. The Morgan fingerprint density at radius 3 is 1.93 bits per heavy atom. The van der Waals surface area contributed by atoms with Crippen molar-refractivity contribution in [2.75, 3.05) is 0 Å². The lowest BCUT2D eigenvalue weighted by molar-refractivity contribution is 0.988. The summed E-state index contributed by atoms with van der Waals surface area (Å²) in [6, 6.07) is 6.56. The number of aromatic amines is 2. The molecule has 0 saturated carbocycles. The molecule has 0 spiro atoms. The Labute approximate surface area is 84.8 Å². The van der Waals surface area contributed by atoms with Crippen molar-refractivity contribution in [3.63, 3.8) is 0 Å². The maximum Gasteiger partial charge on any atom is 0.264 e. The summed E-state index contributed by atoms with van der Waals surface area (Å²) in [6.07, 6.45) is 3.16. The van der Waals surface area contributed by atoms with Crippen molar-refractivity contribution in [2.45, 2.75) is 0 Å². The molecule has 0 radical (unpaired) electrons. The molecule has 0 fully saturated rings. The Kier molecular flexibility index (Phi) is 4.22. The van der Waals surface area contributed by atoms with Crippen LogP contribution >= 0.6 is 12.2 Å². The molecule has 6 heteroatoms. The lowest BCUT2D eigenvalue weighted by atomic mass is 10.6. The van der Waals surface area contributed by atoms with Crippen LogP contribution in [0, 0.1) is 4.64 Å². The SMILES string of the molecule is O=c1cccn[nH]1.S=c1cccn[nH]1. The van der Waals surface area contributed by atoms with Gasteiger partial charge in [0.25, 0.3) is 5.56 Å². The van der Waals surface area contributed by atoms with Gasteiger partial charge in [-0.1, -0.05) is 12.2 Å². The Hall–Kier alpha value is -1.82. The van der Waals surface area contributed by atoms with E-state index >= 15 is 0 Å². The molecule has 5 nitrogen and oxygen atoms in total. The normalized spacial score (nSPS) is 8.57. The predicted octanol–water partition coefficient (Wildman–Crippen LogP) is 0.909. The lowest BCUT2D eigenvalue weighted by Gasteiger charge is -1.75. The summed E-state index contributed by atoms with van der Waals surface area (Å²) in [4.78, 5) is 10.2. The van der Waals surface area contributed by atoms with Crippen LogP contribution in [0.3, 0.4) is 0 Å². The van der Waals surface area contributed by atoms with Crippen LogP contribution in [-0.4, -0.2) is 20.4 Å². The number of nitrogens with one attached hydrogen (secondary N) is 2. The Morgan fingerprint density at radius 1 is 1.07 bits per heavy atom. The molecule has 2 aromatic rings. The fourth-order valence-electron chi connectivity index (χ4n) is 0.623. The van der Waals surface area contributed by atoms with Gasteiger partial charge in [-0.3, -0.25) is 9.89 Å². The van der Waals surface area contributed by atoms with Crippen molar-refractivity contribution in [3.05, 3.63) is 51.7 Å². The molecule has 0 amide bonds. The zero-order valence-electron chi connectivity index (χ0n) is 7.18. The molecule has 2 rings (SSSR count). The first-order valence-corrected chi connectivity index (χ1v) is 4.19. The molecule has 2 heterocycles. The largest absolute Gasteiger partial charge is 0.268 e. The molecule has 0 aliphatic rings. The van der Waals surface area contributed by atoms with Crippen LogP contribution in [0.4, 0.5) is 0 Å². The highest BCUT2D eigenvalue weighted by Gasteiger charge is 1.70. The fourth-order valence-corrected chi connectivity index (χ4v) is 0.755. The quantitative estimate of drug-likeness (QED) is 0.631. The molecule has 0 unspecified atom stereocenters. The average Bonchev–Trinajstić information content (AvgIpc) is 2.21. The second-order valence-electron chi connectivity index (χ2n) is 2.23. The molecular weight excluding hydrogens is 200 g/mol. The first kappa shape index (κ1) is 10.3. The standard InChI is InChI=1S/C4H4N2O.C4H4N2S/c2*7-4-2-1-3-5-6-4/h2*1-3H,(H,6,7). The maximum atomic E-state index is 10.2. The van der Waals surface area contributed by atoms with Crippen LogP contribution in [0.2, 0.25) is 0 Å². The number of hydrogen-bond acceptors (Lipinski definition) is 4. The van der Waals surface area contributed by atoms with Gasteiger partial charge in [0.15, 0.2) is 0 Å². The van der Waals surface area contributed by atoms with E-state index in [0.29, 0.717) is 4.64 Å². The topological polar surface area (TPSA) is 74.4 Å². The van der Waals surface area contributed by atoms with Gasteiger partial charge in [0.1, 0.15) is 4.64 Å². The zero-order valence-corrected chi connectivity index (χ0v) is 7.99. The number of rotatable bonds is 0. The highest BCUT2D eigenvalue weighted by atomic mass is 32.1. The molecule has 14 heavy (non-hydrogen) atoms. The summed E-state index contributed by atoms with van der Waals surface area (Å²) in [5.41, 5.74) is -0.164. The molecule has 0 aromatic carbocycles. The summed E-state index contributed by atoms with van der Waals surface area (Å²) in [5, 5.41) is 11.9. The van der Waals surface area contributed by atoms with Gasteiger partial charge in [0.2, 0.25) is 0 Å². The van der Waals surface area contributed by atoms with Gasteiger partial charge in [0.05, 0.1) is 0 Å². The lowest BCUT2D eigenvalue weighted by Crippen LogP contribution is -2.02. The molecule has 0 saturated heterocycles. The Balaban J connectivity index is 0.000000140. The van der Waals surface area contributed by atoms with Crippen molar-refractivity contribution in [1.29, 1.82) is 0 Å². The highest BCUT2D eigenvalue weighted by molar-refractivity contribution is 7.71. The van der Waals surface area contributed by atoms with Gasteiger partial charge in [-0.15, -0.1) is 0 Å². The second kappa shape index (κ2) is 5.76. The fraction of sp³-hybridized carbons (Fsp3) is 0. The van der Waals surface area contributed by atoms with Crippen molar-refractivity contribution in [3.8, 4) is 0 Å². The Morgan fingerprint density at radius 2 is 1.71 bits per heavy atom. The van der Waals surface area contributed by atoms with E-state index in [9.17, 15) is 4.79 Å². The van der Waals surface area contributed by atoms with Gasteiger partial charge in [-0.05, 0) is 18.2 Å². The van der Waals surface area contributed by atoms with E-state index in [0.717, 1.165) is 0 Å². The number of H-pyrrole nitrogens is 2. The predicted molar refractivity (Wildman–Crippen MR) is 54.3 cm³/mol. The summed E-state index contributed by atoms with van der Waals surface area (Å²) in [6.45, 7) is 0. The van der Waals surface area contributed by atoms with Crippen LogP contribution in [0.5, 0.6) is 0 Å². The monoisotopic (exact) mass is 208 g/mol. The van der Waals surface area contributed by atoms with Crippen molar-refractivity contribution in [2.24, 2.45) is 0 Å². The van der Waals surface area contributed by atoms with Crippen LogP contribution in [-0.2, 0) is 0 Å². The summed E-state index contributed by atoms with van der Waals surface area (Å²) < 4.78 is 0.669. The van der Waals surface area contributed by atoms with Gasteiger partial charge in [-0.25, -0.2) is 5.10 Å². The van der Waals surface area contributed by atoms with Gasteiger partial charge in [-0.2, -0.15) is 10.2 Å². The van der Waals surface area contributed by atoms with Gasteiger partial charge in [0, 0.05) is 18.5 Å². The van der Waals surface area contributed by atoms with Crippen LogP contribution in [0.25, 0.3) is 0 Å². The van der Waals surface area contributed by atoms with Crippen molar-refractivity contribution in [1.82, 2.24) is 20.4 Å². The number of nitrogens with zero attached hydrogens (tertiary/aromatic N) is 2. The van der Waals surface area contributed by atoms with E-state index in [4.69, 9.17) is 12.2 Å². The third-order valence-corrected chi connectivity index (χ3v) is 1.39. The minimum absolute atomic E-state index is 0.164. The van der Waals surface area contributed by atoms with Crippen molar-refractivity contribution < 1.29 is 0 Å². The van der Waals surface area contributed by atoms with Gasteiger partial charge >= 0.3 is 0 Å². The summed E-state index contributed by atoms with van der Waals surface area (Å²) in [7, 11) is 0. The summed E-state index contributed by atoms with van der Waals surface area (Å²) in [5.74, 6) is 0. The van der Waals surface area contributed by atoms with E-state index in [-0.39, 0.29) is 5.56 Å². The summed E-state index contributed by atoms with van der Waals surface area (Å²) >= 11 is 4.69. The van der Waals surface area contributed by atoms with Gasteiger partial charge < -0.3 is 0 Å². The van der Waals surface area contributed by atoms with E-state index in [1.165, 1.54) is 12.3 Å². The molecule has 0 bridgehead atoms. The molecule has 72 valence electrons. The molecule has 2 aromatic heterocycles. The molecule has 0 aliphatic carbocycles. The number of hydrogen-bond donors (Lipinski definition) is 2. The van der Waals surface area contributed by atoms with Crippen LogP contribution in [0.15, 0.2) is 41.5 Å².